The van der Waals surface area contributed by atoms with Crippen LogP contribution in [0.1, 0.15) is 120 Å². The molecule has 0 saturated carbocycles. The molecule has 50 heavy (non-hydrogen) atoms. The van der Waals surface area contributed by atoms with Crippen LogP contribution in [0.3, 0.4) is 0 Å². The summed E-state index contributed by atoms with van der Waals surface area (Å²) < 4.78 is 0.878. The summed E-state index contributed by atoms with van der Waals surface area (Å²) in [5.74, 6) is 0.691. The topological polar surface area (TPSA) is 44.5 Å². The number of nitrogens with one attached hydrogen (secondary N) is 2. The average Bonchev–Trinajstić information content (AvgIpc) is 3.39. The highest BCUT2D eigenvalue weighted by atomic mass is 32.1. The van der Waals surface area contributed by atoms with Gasteiger partial charge < -0.3 is 9.97 Å². The number of aromatic nitrogens is 3. The van der Waals surface area contributed by atoms with Gasteiger partial charge in [-0.25, -0.2) is 4.98 Å². The minimum absolute atomic E-state index is 0.00990. The van der Waals surface area contributed by atoms with Crippen LogP contribution in [0.25, 0.3) is 44.8 Å². The molecular weight excluding hydrogens is 647 g/mol. The van der Waals surface area contributed by atoms with E-state index >= 15 is 0 Å². The van der Waals surface area contributed by atoms with Crippen LogP contribution in [0.2, 0.25) is 0 Å². The molecule has 0 saturated heterocycles. The van der Waals surface area contributed by atoms with E-state index in [9.17, 15) is 0 Å². The molecule has 0 atom stereocenters. The van der Waals surface area contributed by atoms with Gasteiger partial charge in [0.05, 0.1) is 0 Å². The van der Waals surface area contributed by atoms with Gasteiger partial charge in [0, 0.05) is 11.0 Å². The van der Waals surface area contributed by atoms with E-state index in [1.165, 1.54) is 134 Å². The molecule has 0 amide bonds. The van der Waals surface area contributed by atoms with Crippen LogP contribution in [0, 0.1) is 16.5 Å². The summed E-state index contributed by atoms with van der Waals surface area (Å²) in [6.45, 7) is 6.78. The number of rotatable bonds is 17. The highest BCUT2D eigenvalue weighted by Gasteiger charge is 2.42. The normalized spacial score (nSPS) is 12.9. The van der Waals surface area contributed by atoms with Crippen molar-refractivity contribution in [2.75, 3.05) is 0 Å². The van der Waals surface area contributed by atoms with Gasteiger partial charge in [-0.3, -0.25) is 0 Å². The number of H-pyrrole nitrogens is 2. The van der Waals surface area contributed by atoms with Crippen LogP contribution < -0.4 is 0 Å². The molecule has 2 N–H and O–H groups in total. The van der Waals surface area contributed by atoms with Crippen molar-refractivity contribution in [1.29, 1.82) is 0 Å². The third-order valence-electron chi connectivity index (χ3n) is 10.8. The van der Waals surface area contributed by atoms with Crippen LogP contribution in [-0.2, 0) is 5.41 Å². The fourth-order valence-electron chi connectivity index (χ4n) is 8.03. The summed E-state index contributed by atoms with van der Waals surface area (Å²) >= 11 is 10.6. The molecule has 5 heteroatoms. The third-order valence-corrected chi connectivity index (χ3v) is 11.2. The number of unbranched alkanes of at least 4 members (excludes halogenated alkanes) is 10. The Kier molecular flexibility index (Phi) is 12.3. The lowest BCUT2D eigenvalue weighted by molar-refractivity contribution is 0.398. The van der Waals surface area contributed by atoms with E-state index in [-0.39, 0.29) is 5.41 Å². The Hall–Kier alpha value is -3.67. The van der Waals surface area contributed by atoms with Crippen molar-refractivity contribution < 1.29 is 0 Å². The number of nitrogens with zero attached hydrogens (tertiary/aromatic N) is 1. The second kappa shape index (κ2) is 17.0. The van der Waals surface area contributed by atoms with Gasteiger partial charge >= 0.3 is 0 Å². The van der Waals surface area contributed by atoms with Gasteiger partial charge in [-0.05, 0) is 101 Å². The molecule has 3 nitrogen and oxygen atoms in total. The average molecular weight is 700 g/mol. The Balaban J connectivity index is 1.40. The lowest BCUT2D eigenvalue weighted by Gasteiger charge is -2.33. The predicted molar refractivity (Wildman–Crippen MR) is 218 cm³/mol. The van der Waals surface area contributed by atoms with Crippen LogP contribution >= 0.6 is 24.4 Å². The molecule has 260 valence electrons. The molecule has 1 aromatic heterocycles. The molecule has 1 aliphatic rings. The first kappa shape index (κ1) is 36.1. The zero-order chi connectivity index (χ0) is 34.9. The Bertz CT molecular complexity index is 1940. The second-order valence-corrected chi connectivity index (χ2v) is 15.2. The van der Waals surface area contributed by atoms with Crippen molar-refractivity contribution in [3.8, 4) is 44.8 Å². The van der Waals surface area contributed by atoms with E-state index in [1.807, 2.05) is 0 Å². The maximum Gasteiger partial charge on any atom is 0.200 e. The van der Waals surface area contributed by atoms with Gasteiger partial charge in [-0.1, -0.05) is 169 Å². The van der Waals surface area contributed by atoms with Gasteiger partial charge in [0.2, 0.25) is 4.77 Å². The molecule has 0 bridgehead atoms. The first-order valence-corrected chi connectivity index (χ1v) is 19.9. The molecule has 6 rings (SSSR count). The van der Waals surface area contributed by atoms with Crippen molar-refractivity contribution in [2.24, 2.45) is 0 Å². The van der Waals surface area contributed by atoms with E-state index in [1.54, 1.807) is 5.56 Å². The first-order valence-electron chi connectivity index (χ1n) is 19.1. The first-order chi connectivity index (χ1) is 24.4. The SMILES string of the molecule is CCCCCCCCC1(CCCCCCCC)c2cc(-c3ccc(C)cc3)ccc2-c2ccc(-c3ccc(-c4nc(=S)[nH]c(=S)[nH]4)cc3)cc21. The Morgan fingerprint density at radius 2 is 0.960 bits per heavy atom. The molecule has 1 heterocycles. The fourth-order valence-corrected chi connectivity index (χ4v) is 8.48. The van der Waals surface area contributed by atoms with Crippen LogP contribution in [0.4, 0.5) is 0 Å². The molecule has 0 spiro atoms. The molecule has 0 radical (unpaired) electrons. The molecule has 0 aliphatic heterocycles. The van der Waals surface area contributed by atoms with Crippen molar-refractivity contribution >= 4 is 24.4 Å². The largest absolute Gasteiger partial charge is 0.317 e. The Morgan fingerprint density at radius 1 is 0.520 bits per heavy atom. The van der Waals surface area contributed by atoms with Crippen molar-refractivity contribution in [1.82, 2.24) is 15.0 Å². The molecule has 0 unspecified atom stereocenters. The number of hydrogen-bond donors (Lipinski definition) is 2. The van der Waals surface area contributed by atoms with E-state index in [4.69, 9.17) is 24.4 Å². The van der Waals surface area contributed by atoms with Gasteiger partial charge in [-0.15, -0.1) is 0 Å². The highest BCUT2D eigenvalue weighted by Crippen LogP contribution is 2.55. The molecule has 1 aliphatic carbocycles. The maximum absolute atomic E-state index is 5.32. The standard InChI is InChI=1S/C45H53N3S2/c1-4-6-8-10-12-14-28-45(29-15-13-11-9-7-5-2)40-30-36(33-18-16-32(3)17-19-33)24-26-38(40)39-27-25-37(31-41(39)45)34-20-22-35(23-21-34)42-46-43(49)48-44(50)47-42/h16-27,30-31H,4-15,28-29H2,1-3H3,(H2,46,47,48,49,50). The molecule has 5 aromatic rings. The van der Waals surface area contributed by atoms with Crippen molar-refractivity contribution in [3.63, 3.8) is 0 Å². The number of aromatic amines is 2. The lowest BCUT2D eigenvalue weighted by atomic mass is 9.70. The molecule has 0 fully saturated rings. The van der Waals surface area contributed by atoms with E-state index in [2.05, 4.69) is 121 Å². The third kappa shape index (κ3) is 8.27. The smallest absolute Gasteiger partial charge is 0.200 e. The lowest BCUT2D eigenvalue weighted by Crippen LogP contribution is -2.25. The fraction of sp³-hybridized carbons (Fsp3) is 0.400. The van der Waals surface area contributed by atoms with Crippen LogP contribution in [-0.4, -0.2) is 15.0 Å². The quantitative estimate of drug-likeness (QED) is 0.0750. The number of hydrogen-bond acceptors (Lipinski definition) is 3. The summed E-state index contributed by atoms with van der Waals surface area (Å²) in [4.78, 5) is 10.5. The number of fused-ring (bicyclic) bond motifs is 3. The number of benzene rings is 4. The summed E-state index contributed by atoms with van der Waals surface area (Å²) in [5.41, 5.74) is 13.3. The minimum atomic E-state index is 0.00990. The monoisotopic (exact) mass is 699 g/mol. The summed E-state index contributed by atoms with van der Waals surface area (Å²) in [6.07, 6.45) is 18.2. The summed E-state index contributed by atoms with van der Waals surface area (Å²) in [7, 11) is 0. The van der Waals surface area contributed by atoms with Gasteiger partial charge in [0.25, 0.3) is 0 Å². The Labute approximate surface area is 310 Å². The van der Waals surface area contributed by atoms with E-state index in [0.717, 1.165) is 5.56 Å². The second-order valence-electron chi connectivity index (χ2n) is 14.4. The van der Waals surface area contributed by atoms with Crippen LogP contribution in [0.5, 0.6) is 0 Å². The predicted octanol–water partition coefficient (Wildman–Crippen LogP) is 14.3. The maximum atomic E-state index is 5.32. The van der Waals surface area contributed by atoms with Gasteiger partial charge in [-0.2, -0.15) is 0 Å². The van der Waals surface area contributed by atoms with Crippen molar-refractivity contribution in [3.05, 3.63) is 111 Å². The van der Waals surface area contributed by atoms with Crippen molar-refractivity contribution in [2.45, 2.75) is 116 Å². The summed E-state index contributed by atoms with van der Waals surface area (Å²) in [5, 5.41) is 0. The van der Waals surface area contributed by atoms with Crippen LogP contribution in [0.15, 0.2) is 84.9 Å². The van der Waals surface area contributed by atoms with Gasteiger partial charge in [0.15, 0.2) is 4.77 Å². The number of aryl methyl sites for hydroxylation is 1. The molecular formula is C45H53N3S2. The van der Waals surface area contributed by atoms with Gasteiger partial charge in [0.1, 0.15) is 5.82 Å². The minimum Gasteiger partial charge on any atom is -0.317 e. The Morgan fingerprint density at radius 3 is 1.46 bits per heavy atom. The zero-order valence-electron chi connectivity index (χ0n) is 30.2. The van der Waals surface area contributed by atoms with E-state index in [0.29, 0.717) is 15.4 Å². The summed E-state index contributed by atoms with van der Waals surface area (Å²) in [6, 6.07) is 32.3. The highest BCUT2D eigenvalue weighted by molar-refractivity contribution is 7.71. The molecule has 4 aromatic carbocycles. The van der Waals surface area contributed by atoms with E-state index < -0.39 is 0 Å². The zero-order valence-corrected chi connectivity index (χ0v) is 31.9.